The molecule has 0 saturated carbocycles. The van der Waals surface area contributed by atoms with Gasteiger partial charge in [-0.15, -0.1) is 0 Å². The molecule has 2 aromatic carbocycles. The van der Waals surface area contributed by atoms with Crippen molar-refractivity contribution in [3.8, 4) is 0 Å². The molecule has 2 atom stereocenters. The van der Waals surface area contributed by atoms with Crippen LogP contribution in [0.5, 0.6) is 0 Å². The Morgan fingerprint density at radius 1 is 0.839 bits per heavy atom. The van der Waals surface area contributed by atoms with Crippen LogP contribution in [0.15, 0.2) is 79.4 Å². The highest BCUT2D eigenvalue weighted by molar-refractivity contribution is 5.30. The molecule has 1 heterocycles. The van der Waals surface area contributed by atoms with Gasteiger partial charge in [0.2, 0.25) is 6.33 Å². The lowest BCUT2D eigenvalue weighted by atomic mass is 9.70. The monoisotopic (exact) mass is 417 g/mol. The number of hydrogen-bond acceptors (Lipinski definition) is 0. The first-order valence-electron chi connectivity index (χ1n) is 12.3. The molecule has 0 aliphatic carbocycles. The molecule has 0 radical (unpaired) electrons. The van der Waals surface area contributed by atoms with E-state index in [0.29, 0.717) is 6.04 Å². The van der Waals surface area contributed by atoms with Crippen LogP contribution in [0.3, 0.4) is 0 Å². The smallest absolute Gasteiger partial charge is 0.240 e. The Kier molecular flexibility index (Phi) is 8.94. The molecule has 31 heavy (non-hydrogen) atoms. The summed E-state index contributed by atoms with van der Waals surface area (Å²) in [4.78, 5) is 0. The molecule has 0 saturated heterocycles. The molecule has 3 aromatic rings. The van der Waals surface area contributed by atoms with Gasteiger partial charge in [-0.3, -0.25) is 0 Å². The summed E-state index contributed by atoms with van der Waals surface area (Å²) in [5.41, 5.74) is 2.87. The quantitative estimate of drug-likeness (QED) is 0.205. The van der Waals surface area contributed by atoms with E-state index >= 15 is 0 Å². The van der Waals surface area contributed by atoms with Gasteiger partial charge in [-0.1, -0.05) is 113 Å². The van der Waals surface area contributed by atoms with Crippen molar-refractivity contribution in [2.45, 2.75) is 83.1 Å². The van der Waals surface area contributed by atoms with Gasteiger partial charge in [0.1, 0.15) is 18.4 Å². The van der Waals surface area contributed by atoms with Crippen molar-refractivity contribution in [3.63, 3.8) is 0 Å². The van der Waals surface area contributed by atoms with Crippen molar-refractivity contribution in [1.82, 2.24) is 4.57 Å². The molecule has 0 fully saturated rings. The minimum atomic E-state index is 0.0246. The first kappa shape index (κ1) is 23.3. The summed E-state index contributed by atoms with van der Waals surface area (Å²) in [6.45, 7) is 4.76. The second kappa shape index (κ2) is 11.9. The molecule has 3 rings (SSSR count). The third-order valence-electron chi connectivity index (χ3n) is 6.81. The second-order valence-corrected chi connectivity index (χ2v) is 9.40. The lowest BCUT2D eigenvalue weighted by molar-refractivity contribution is -0.671. The summed E-state index contributed by atoms with van der Waals surface area (Å²) in [6, 6.07) is 22.6. The van der Waals surface area contributed by atoms with Crippen molar-refractivity contribution in [1.29, 1.82) is 0 Å². The molecule has 0 aliphatic rings. The maximum atomic E-state index is 2.47. The zero-order valence-corrected chi connectivity index (χ0v) is 19.8. The van der Waals surface area contributed by atoms with Gasteiger partial charge in [-0.2, -0.15) is 0 Å². The van der Waals surface area contributed by atoms with Crippen LogP contribution in [0, 0.1) is 0 Å². The summed E-state index contributed by atoms with van der Waals surface area (Å²) in [7, 11) is 2.12. The molecule has 2 nitrogen and oxygen atoms in total. The van der Waals surface area contributed by atoms with Crippen molar-refractivity contribution in [3.05, 3.63) is 90.5 Å². The predicted octanol–water partition coefficient (Wildman–Crippen LogP) is 7.20. The van der Waals surface area contributed by atoms with Gasteiger partial charge in [0, 0.05) is 5.41 Å². The third-order valence-corrected chi connectivity index (χ3v) is 6.81. The minimum Gasteiger partial charge on any atom is -0.240 e. The van der Waals surface area contributed by atoms with Crippen LogP contribution in [0.2, 0.25) is 0 Å². The maximum Gasteiger partial charge on any atom is 0.243 e. The first-order valence-corrected chi connectivity index (χ1v) is 12.3. The van der Waals surface area contributed by atoms with Crippen LogP contribution in [-0.4, -0.2) is 4.57 Å². The highest BCUT2D eigenvalue weighted by Gasteiger charge is 2.40. The Hall–Kier alpha value is -2.35. The van der Waals surface area contributed by atoms with E-state index in [1.165, 1.54) is 62.5 Å². The number of nitrogens with zero attached hydrogens (tertiary/aromatic N) is 2. The molecule has 0 aliphatic heterocycles. The van der Waals surface area contributed by atoms with Crippen LogP contribution in [0.25, 0.3) is 0 Å². The molecule has 2 heteroatoms. The second-order valence-electron chi connectivity index (χ2n) is 9.40. The first-order chi connectivity index (χ1) is 15.1. The number of aryl methyl sites for hydroxylation is 1. The van der Waals surface area contributed by atoms with Crippen LogP contribution in [0.1, 0.15) is 82.4 Å². The van der Waals surface area contributed by atoms with Crippen LogP contribution in [0.4, 0.5) is 0 Å². The summed E-state index contributed by atoms with van der Waals surface area (Å²) in [6.07, 6.45) is 18.4. The topological polar surface area (TPSA) is 8.81 Å². The zero-order valence-electron chi connectivity index (χ0n) is 19.8. The van der Waals surface area contributed by atoms with Crippen molar-refractivity contribution in [2.75, 3.05) is 0 Å². The van der Waals surface area contributed by atoms with Crippen molar-refractivity contribution >= 4 is 0 Å². The van der Waals surface area contributed by atoms with Gasteiger partial charge in [0.15, 0.2) is 0 Å². The average molecular weight is 418 g/mol. The normalized spacial score (nSPS) is 14.3. The Morgan fingerprint density at radius 3 is 2.06 bits per heavy atom. The van der Waals surface area contributed by atoms with Crippen molar-refractivity contribution in [2.24, 2.45) is 7.05 Å². The lowest BCUT2D eigenvalue weighted by Gasteiger charge is -2.37. The Morgan fingerprint density at radius 2 is 1.45 bits per heavy atom. The Balaban J connectivity index is 1.84. The van der Waals surface area contributed by atoms with Gasteiger partial charge < -0.3 is 0 Å². The van der Waals surface area contributed by atoms with Gasteiger partial charge >= 0.3 is 0 Å². The van der Waals surface area contributed by atoms with Crippen LogP contribution < -0.4 is 4.57 Å². The molecule has 166 valence electrons. The van der Waals surface area contributed by atoms with E-state index in [2.05, 4.69) is 109 Å². The van der Waals surface area contributed by atoms with E-state index in [9.17, 15) is 0 Å². The Bertz CT molecular complexity index is 868. The molecular formula is C29H41N2+. The number of rotatable bonds is 13. The zero-order chi connectivity index (χ0) is 21.9. The molecule has 0 amide bonds. The van der Waals surface area contributed by atoms with Gasteiger partial charge in [-0.25, -0.2) is 9.13 Å². The third kappa shape index (κ3) is 6.56. The Labute approximate surface area is 190 Å². The van der Waals surface area contributed by atoms with E-state index in [1.807, 2.05) is 0 Å². The van der Waals surface area contributed by atoms with E-state index in [4.69, 9.17) is 0 Å². The van der Waals surface area contributed by atoms with Crippen molar-refractivity contribution < 1.29 is 4.57 Å². The van der Waals surface area contributed by atoms with E-state index in [1.54, 1.807) is 0 Å². The number of aromatic nitrogens is 2. The molecular weight excluding hydrogens is 376 g/mol. The minimum absolute atomic E-state index is 0.0246. The van der Waals surface area contributed by atoms with E-state index in [0.717, 1.165) is 6.42 Å². The SMILES string of the molecule is CCCCCCCCCC(n1cc[n+](C)c1)C(C)(Cc1ccccc1)c1ccccc1. The van der Waals surface area contributed by atoms with Crippen LogP contribution >= 0.6 is 0 Å². The number of imidazole rings is 1. The lowest BCUT2D eigenvalue weighted by Crippen LogP contribution is -2.37. The van der Waals surface area contributed by atoms with E-state index < -0.39 is 0 Å². The van der Waals surface area contributed by atoms with E-state index in [-0.39, 0.29) is 5.41 Å². The van der Waals surface area contributed by atoms with Gasteiger partial charge in [0.25, 0.3) is 0 Å². The number of unbranched alkanes of at least 4 members (excludes halogenated alkanes) is 6. The van der Waals surface area contributed by atoms with Gasteiger partial charge in [0.05, 0.1) is 7.05 Å². The largest absolute Gasteiger partial charge is 0.243 e. The summed E-state index contributed by atoms with van der Waals surface area (Å²) >= 11 is 0. The summed E-state index contributed by atoms with van der Waals surface area (Å²) in [5.74, 6) is 0. The highest BCUT2D eigenvalue weighted by Crippen LogP contribution is 2.41. The molecule has 0 spiro atoms. The molecule has 2 unspecified atom stereocenters. The van der Waals surface area contributed by atoms with Crippen LogP contribution in [-0.2, 0) is 18.9 Å². The fourth-order valence-electron chi connectivity index (χ4n) is 5.00. The average Bonchev–Trinajstić information content (AvgIpc) is 3.22. The molecule has 1 aromatic heterocycles. The standard InChI is InChI=1S/C29H41N2/c1-4-5-6-7-8-9-16-21-28(31-23-22-30(3)25-31)29(2,27-19-14-11-15-20-27)24-26-17-12-10-13-18-26/h10-15,17-20,22-23,25,28H,4-9,16,21,24H2,1-3H3/q+1. The highest BCUT2D eigenvalue weighted by atomic mass is 15.1. The predicted molar refractivity (Wildman–Crippen MR) is 131 cm³/mol. The fraction of sp³-hybridized carbons (Fsp3) is 0.483. The van der Waals surface area contributed by atoms with Gasteiger partial charge in [-0.05, 0) is 30.4 Å². The molecule has 0 N–H and O–H groups in total. The fourth-order valence-corrected chi connectivity index (χ4v) is 5.00. The summed E-state index contributed by atoms with van der Waals surface area (Å²) in [5, 5.41) is 0. The number of hydrogen-bond donors (Lipinski definition) is 0. The molecule has 0 bridgehead atoms. The maximum absolute atomic E-state index is 2.47. The summed E-state index contributed by atoms with van der Waals surface area (Å²) < 4.78 is 4.64. The number of benzene rings is 2.